The van der Waals surface area contributed by atoms with Crippen LogP contribution in [0.15, 0.2) is 4.99 Å². The van der Waals surface area contributed by atoms with Crippen molar-refractivity contribution < 1.29 is 14.3 Å². The van der Waals surface area contributed by atoms with Crippen LogP contribution in [0.1, 0.15) is 33.6 Å². The summed E-state index contributed by atoms with van der Waals surface area (Å²) in [4.78, 5) is 21.3. The maximum atomic E-state index is 12.7. The Morgan fingerprint density at radius 1 is 1.19 bits per heavy atom. The molecule has 0 spiro atoms. The average molecular weight is 369 g/mol. The number of nitrogens with zero attached hydrogens (tertiary/aromatic N) is 3. The molecule has 0 aromatic carbocycles. The summed E-state index contributed by atoms with van der Waals surface area (Å²) in [6.45, 7) is 11.7. The number of nitrogens with one attached hydrogen (secondary N) is 1. The number of hydrogen-bond acceptors (Lipinski definition) is 4. The standard InChI is InChI=1S/C19H36N4O3/c1-19(2,3)16(25-5)14-21-18(20-4)23-8-6-15(7-9-23)17(24)22-10-12-26-13-11-22/h15-16H,6-14H2,1-5H3,(H,20,21). The van der Waals surface area contributed by atoms with Crippen LogP contribution in [0.25, 0.3) is 0 Å². The molecule has 0 saturated carbocycles. The highest BCUT2D eigenvalue weighted by molar-refractivity contribution is 5.81. The van der Waals surface area contributed by atoms with Crippen molar-refractivity contribution in [3.8, 4) is 0 Å². The number of rotatable bonds is 4. The zero-order valence-corrected chi connectivity index (χ0v) is 17.1. The largest absolute Gasteiger partial charge is 0.379 e. The highest BCUT2D eigenvalue weighted by atomic mass is 16.5. The van der Waals surface area contributed by atoms with E-state index in [4.69, 9.17) is 9.47 Å². The molecule has 2 heterocycles. The number of carbonyl (C=O) groups is 1. The second kappa shape index (κ2) is 9.55. The van der Waals surface area contributed by atoms with Gasteiger partial charge in [0.1, 0.15) is 0 Å². The topological polar surface area (TPSA) is 66.4 Å². The first-order valence-corrected chi connectivity index (χ1v) is 9.71. The predicted octanol–water partition coefficient (Wildman–Crippen LogP) is 1.19. The van der Waals surface area contributed by atoms with Crippen LogP contribution >= 0.6 is 0 Å². The summed E-state index contributed by atoms with van der Waals surface area (Å²) in [6.07, 6.45) is 1.87. The van der Waals surface area contributed by atoms with Gasteiger partial charge >= 0.3 is 0 Å². The molecule has 2 fully saturated rings. The molecule has 2 rings (SSSR count). The number of carbonyl (C=O) groups excluding carboxylic acids is 1. The lowest BCUT2D eigenvalue weighted by atomic mass is 9.89. The Hall–Kier alpha value is -1.34. The summed E-state index contributed by atoms with van der Waals surface area (Å²) < 4.78 is 11.0. The van der Waals surface area contributed by atoms with Crippen molar-refractivity contribution in [2.45, 2.75) is 39.7 Å². The third-order valence-electron chi connectivity index (χ3n) is 5.37. The van der Waals surface area contributed by atoms with Gasteiger partial charge in [-0.25, -0.2) is 0 Å². The molecule has 7 nitrogen and oxygen atoms in total. The van der Waals surface area contributed by atoms with E-state index in [2.05, 4.69) is 36.0 Å². The van der Waals surface area contributed by atoms with E-state index in [0.717, 1.165) is 51.5 Å². The van der Waals surface area contributed by atoms with Gasteiger partial charge in [-0.2, -0.15) is 0 Å². The Morgan fingerprint density at radius 2 is 1.81 bits per heavy atom. The van der Waals surface area contributed by atoms with Crippen LogP contribution in [0.3, 0.4) is 0 Å². The van der Waals surface area contributed by atoms with E-state index in [9.17, 15) is 4.79 Å². The van der Waals surface area contributed by atoms with Crippen molar-refractivity contribution in [1.29, 1.82) is 0 Å². The van der Waals surface area contributed by atoms with Gasteiger partial charge in [-0.3, -0.25) is 9.79 Å². The molecule has 1 amide bonds. The van der Waals surface area contributed by atoms with E-state index in [1.807, 2.05) is 11.9 Å². The zero-order valence-electron chi connectivity index (χ0n) is 17.1. The summed E-state index contributed by atoms with van der Waals surface area (Å²) in [5.41, 5.74) is 0.0676. The van der Waals surface area contributed by atoms with Crippen molar-refractivity contribution >= 4 is 11.9 Å². The van der Waals surface area contributed by atoms with Crippen molar-refractivity contribution in [1.82, 2.24) is 15.1 Å². The summed E-state index contributed by atoms with van der Waals surface area (Å²) >= 11 is 0. The van der Waals surface area contributed by atoms with E-state index < -0.39 is 0 Å². The number of hydrogen-bond donors (Lipinski definition) is 1. The van der Waals surface area contributed by atoms with Crippen LogP contribution in [0.4, 0.5) is 0 Å². The molecule has 0 aliphatic carbocycles. The van der Waals surface area contributed by atoms with Crippen LogP contribution in [-0.2, 0) is 14.3 Å². The quantitative estimate of drug-likeness (QED) is 0.596. The molecule has 1 unspecified atom stereocenters. The molecule has 0 aromatic heterocycles. The fourth-order valence-electron chi connectivity index (χ4n) is 3.64. The number of morpholine rings is 1. The highest BCUT2D eigenvalue weighted by Crippen LogP contribution is 2.22. The molecule has 2 saturated heterocycles. The van der Waals surface area contributed by atoms with Gasteiger partial charge in [0.2, 0.25) is 5.91 Å². The lowest BCUT2D eigenvalue weighted by Gasteiger charge is -2.37. The van der Waals surface area contributed by atoms with E-state index in [1.54, 1.807) is 7.11 Å². The highest BCUT2D eigenvalue weighted by Gasteiger charge is 2.31. The Kier molecular flexibility index (Phi) is 7.70. The first-order chi connectivity index (χ1) is 12.4. The van der Waals surface area contributed by atoms with E-state index in [0.29, 0.717) is 19.1 Å². The minimum Gasteiger partial charge on any atom is -0.379 e. The Balaban J connectivity index is 1.82. The molecule has 7 heteroatoms. The van der Waals surface area contributed by atoms with E-state index in [-0.39, 0.29) is 17.4 Å². The van der Waals surface area contributed by atoms with Crippen LogP contribution in [0.2, 0.25) is 0 Å². The number of aliphatic imine (C=N–C) groups is 1. The Bertz CT molecular complexity index is 476. The van der Waals surface area contributed by atoms with Crippen molar-refractivity contribution in [2.24, 2.45) is 16.3 Å². The third kappa shape index (κ3) is 5.58. The molecule has 1 atom stereocenters. The summed E-state index contributed by atoms with van der Waals surface area (Å²) in [5.74, 6) is 1.32. The van der Waals surface area contributed by atoms with Gasteiger partial charge < -0.3 is 24.6 Å². The van der Waals surface area contributed by atoms with Crippen LogP contribution in [0.5, 0.6) is 0 Å². The second-order valence-corrected chi connectivity index (χ2v) is 8.22. The average Bonchev–Trinajstić information content (AvgIpc) is 2.65. The minimum atomic E-state index is 0.0676. The second-order valence-electron chi connectivity index (χ2n) is 8.22. The Morgan fingerprint density at radius 3 is 2.31 bits per heavy atom. The number of piperidine rings is 1. The zero-order chi connectivity index (χ0) is 19.2. The van der Waals surface area contributed by atoms with Crippen molar-refractivity contribution in [3.05, 3.63) is 0 Å². The molecule has 1 N–H and O–H groups in total. The molecule has 150 valence electrons. The molecule has 26 heavy (non-hydrogen) atoms. The van der Waals surface area contributed by atoms with E-state index in [1.165, 1.54) is 0 Å². The smallest absolute Gasteiger partial charge is 0.225 e. The fourth-order valence-corrected chi connectivity index (χ4v) is 3.64. The number of ether oxygens (including phenoxy) is 2. The molecule has 2 aliphatic heterocycles. The SMILES string of the molecule is CN=C(NCC(OC)C(C)(C)C)N1CCC(C(=O)N2CCOCC2)CC1. The minimum absolute atomic E-state index is 0.0676. The van der Waals surface area contributed by atoms with Gasteiger partial charge in [0.15, 0.2) is 5.96 Å². The monoisotopic (exact) mass is 368 g/mol. The molecular formula is C19H36N4O3. The van der Waals surface area contributed by atoms with Gasteiger partial charge in [0.25, 0.3) is 0 Å². The lowest BCUT2D eigenvalue weighted by molar-refractivity contribution is -0.140. The van der Waals surface area contributed by atoms with Crippen LogP contribution in [-0.4, -0.2) is 87.9 Å². The third-order valence-corrected chi connectivity index (χ3v) is 5.37. The van der Waals surface area contributed by atoms with Gasteiger partial charge in [0, 0.05) is 52.8 Å². The summed E-state index contributed by atoms with van der Waals surface area (Å²) in [6, 6.07) is 0. The molecule has 0 bridgehead atoms. The number of amides is 1. The number of likely N-dealkylation sites (tertiary alicyclic amines) is 1. The molecular weight excluding hydrogens is 332 g/mol. The normalized spacial score (nSPS) is 21.7. The first-order valence-electron chi connectivity index (χ1n) is 9.71. The number of guanidine groups is 1. The predicted molar refractivity (Wildman–Crippen MR) is 103 cm³/mol. The number of methoxy groups -OCH3 is 1. The van der Waals surface area contributed by atoms with Crippen LogP contribution < -0.4 is 5.32 Å². The molecule has 2 aliphatic rings. The summed E-state index contributed by atoms with van der Waals surface area (Å²) in [5, 5.41) is 3.44. The van der Waals surface area contributed by atoms with Gasteiger partial charge in [0.05, 0.1) is 19.3 Å². The van der Waals surface area contributed by atoms with Crippen LogP contribution in [0, 0.1) is 11.3 Å². The first kappa shape index (κ1) is 21.0. The Labute approximate surface area is 158 Å². The summed E-state index contributed by atoms with van der Waals surface area (Å²) in [7, 11) is 3.56. The van der Waals surface area contributed by atoms with Gasteiger partial charge in [-0.15, -0.1) is 0 Å². The maximum Gasteiger partial charge on any atom is 0.225 e. The maximum absolute atomic E-state index is 12.7. The molecule has 0 aromatic rings. The van der Waals surface area contributed by atoms with Crippen molar-refractivity contribution in [3.63, 3.8) is 0 Å². The lowest BCUT2D eigenvalue weighted by Crippen LogP contribution is -2.51. The molecule has 0 radical (unpaired) electrons. The van der Waals surface area contributed by atoms with Crippen molar-refractivity contribution in [2.75, 3.05) is 60.1 Å². The van der Waals surface area contributed by atoms with Gasteiger partial charge in [-0.05, 0) is 18.3 Å². The van der Waals surface area contributed by atoms with E-state index >= 15 is 0 Å². The fraction of sp³-hybridized carbons (Fsp3) is 0.895. The van der Waals surface area contributed by atoms with Gasteiger partial charge in [-0.1, -0.05) is 20.8 Å².